The van der Waals surface area contributed by atoms with Crippen molar-refractivity contribution < 1.29 is 4.18 Å². The first-order valence-corrected chi connectivity index (χ1v) is 3.93. The van der Waals surface area contributed by atoms with E-state index < -0.39 is 0 Å². The van der Waals surface area contributed by atoms with Crippen LogP contribution in [0, 0.1) is 0 Å². The summed E-state index contributed by atoms with van der Waals surface area (Å²) in [6, 6.07) is 0. The van der Waals surface area contributed by atoms with Gasteiger partial charge in [0, 0.05) is 13.0 Å². The second kappa shape index (κ2) is 3.80. The summed E-state index contributed by atoms with van der Waals surface area (Å²) in [5.41, 5.74) is 0. The standard InChI is InChI=1S/C6H11NOS/c1-2-3-6-4-5-7-9-8-6/h4,7H,2-3,5H2,1H3. The Bertz CT molecular complexity index is 114. The Hall–Kier alpha value is -0.150. The first kappa shape index (κ1) is 6.96. The highest BCUT2D eigenvalue weighted by atomic mass is 32.2. The van der Waals surface area contributed by atoms with Crippen LogP contribution in [0.15, 0.2) is 11.8 Å². The van der Waals surface area contributed by atoms with Gasteiger partial charge in [0.2, 0.25) is 0 Å². The molecule has 0 bridgehead atoms. The Morgan fingerprint density at radius 2 is 2.78 bits per heavy atom. The summed E-state index contributed by atoms with van der Waals surface area (Å²) in [5, 5.41) is 0. The topological polar surface area (TPSA) is 21.3 Å². The molecule has 0 saturated heterocycles. The lowest BCUT2D eigenvalue weighted by Gasteiger charge is -2.11. The van der Waals surface area contributed by atoms with Gasteiger partial charge in [-0.05, 0) is 12.5 Å². The van der Waals surface area contributed by atoms with Crippen LogP contribution in [0.1, 0.15) is 19.8 Å². The maximum absolute atomic E-state index is 5.18. The third-order valence-corrected chi connectivity index (χ3v) is 1.70. The Labute approximate surface area is 60.0 Å². The van der Waals surface area contributed by atoms with Crippen molar-refractivity contribution in [1.29, 1.82) is 0 Å². The van der Waals surface area contributed by atoms with Crippen molar-refractivity contribution in [1.82, 2.24) is 4.72 Å². The lowest BCUT2D eigenvalue weighted by molar-refractivity contribution is 0.450. The van der Waals surface area contributed by atoms with Crippen LogP contribution in [0.4, 0.5) is 0 Å². The van der Waals surface area contributed by atoms with Crippen LogP contribution < -0.4 is 4.72 Å². The monoisotopic (exact) mass is 145 g/mol. The van der Waals surface area contributed by atoms with E-state index in [1.807, 2.05) is 0 Å². The summed E-state index contributed by atoms with van der Waals surface area (Å²) in [7, 11) is 0. The van der Waals surface area contributed by atoms with Gasteiger partial charge in [0.1, 0.15) is 18.0 Å². The molecule has 1 aliphatic rings. The van der Waals surface area contributed by atoms with Crippen LogP contribution in [0.3, 0.4) is 0 Å². The predicted octanol–water partition coefficient (Wildman–Crippen LogP) is 1.85. The van der Waals surface area contributed by atoms with E-state index >= 15 is 0 Å². The zero-order valence-electron chi connectivity index (χ0n) is 5.52. The molecule has 1 aliphatic heterocycles. The van der Waals surface area contributed by atoms with Gasteiger partial charge in [-0.15, -0.1) is 0 Å². The van der Waals surface area contributed by atoms with Crippen molar-refractivity contribution in [3.05, 3.63) is 11.8 Å². The molecule has 9 heavy (non-hydrogen) atoms. The molecule has 1 heterocycles. The zero-order chi connectivity index (χ0) is 6.53. The molecule has 0 aromatic heterocycles. The van der Waals surface area contributed by atoms with Gasteiger partial charge in [-0.25, -0.2) is 4.72 Å². The average molecular weight is 145 g/mol. The van der Waals surface area contributed by atoms with Crippen LogP contribution in [-0.4, -0.2) is 6.54 Å². The van der Waals surface area contributed by atoms with Gasteiger partial charge in [0.25, 0.3) is 0 Å². The molecular weight excluding hydrogens is 134 g/mol. The summed E-state index contributed by atoms with van der Waals surface area (Å²) in [5.74, 6) is 1.11. The molecule has 52 valence electrons. The molecule has 0 aromatic carbocycles. The first-order chi connectivity index (χ1) is 4.43. The fraction of sp³-hybridized carbons (Fsp3) is 0.667. The molecule has 3 heteroatoms. The van der Waals surface area contributed by atoms with E-state index in [4.69, 9.17) is 4.18 Å². The molecule has 0 spiro atoms. The molecule has 0 radical (unpaired) electrons. The quantitative estimate of drug-likeness (QED) is 0.473. The summed E-state index contributed by atoms with van der Waals surface area (Å²) in [4.78, 5) is 0. The molecular formula is C6H11NOS. The summed E-state index contributed by atoms with van der Waals surface area (Å²) in [6.45, 7) is 3.08. The molecule has 0 aromatic rings. The van der Waals surface area contributed by atoms with E-state index in [1.54, 1.807) is 0 Å². The first-order valence-electron chi connectivity index (χ1n) is 3.19. The summed E-state index contributed by atoms with van der Waals surface area (Å²) < 4.78 is 8.18. The zero-order valence-corrected chi connectivity index (χ0v) is 6.33. The van der Waals surface area contributed by atoms with Crippen LogP contribution >= 0.6 is 12.2 Å². The number of rotatable bonds is 2. The van der Waals surface area contributed by atoms with Crippen molar-refractivity contribution in [2.75, 3.05) is 6.54 Å². The van der Waals surface area contributed by atoms with Gasteiger partial charge >= 0.3 is 0 Å². The van der Waals surface area contributed by atoms with Crippen LogP contribution in [0.2, 0.25) is 0 Å². The van der Waals surface area contributed by atoms with Gasteiger partial charge in [-0.2, -0.15) is 0 Å². The highest BCUT2D eigenvalue weighted by molar-refractivity contribution is 7.92. The van der Waals surface area contributed by atoms with Crippen LogP contribution in [0.25, 0.3) is 0 Å². The number of nitrogens with one attached hydrogen (secondary N) is 1. The average Bonchev–Trinajstić information content (AvgIpc) is 1.91. The molecule has 0 unspecified atom stereocenters. The lowest BCUT2D eigenvalue weighted by atomic mass is 10.3. The van der Waals surface area contributed by atoms with E-state index in [9.17, 15) is 0 Å². The summed E-state index contributed by atoms with van der Waals surface area (Å²) in [6.07, 6.45) is 4.31. The molecule has 0 fully saturated rings. The van der Waals surface area contributed by atoms with Gasteiger partial charge in [-0.1, -0.05) is 6.92 Å². The SMILES string of the molecule is CCCC1=CCNSO1. The van der Waals surface area contributed by atoms with Gasteiger partial charge < -0.3 is 4.18 Å². The minimum absolute atomic E-state index is 0.931. The van der Waals surface area contributed by atoms with E-state index in [1.165, 1.54) is 12.2 Å². The minimum Gasteiger partial charge on any atom is -0.414 e. The molecule has 1 rings (SSSR count). The maximum atomic E-state index is 5.18. The van der Waals surface area contributed by atoms with Crippen molar-refractivity contribution in [3.8, 4) is 0 Å². The molecule has 1 N–H and O–H groups in total. The third-order valence-electron chi connectivity index (χ3n) is 1.12. The van der Waals surface area contributed by atoms with Crippen molar-refractivity contribution in [3.63, 3.8) is 0 Å². The lowest BCUT2D eigenvalue weighted by Crippen LogP contribution is -2.09. The second-order valence-electron chi connectivity index (χ2n) is 1.94. The van der Waals surface area contributed by atoms with E-state index in [2.05, 4.69) is 17.7 Å². The fourth-order valence-electron chi connectivity index (χ4n) is 0.697. The molecule has 2 nitrogen and oxygen atoms in total. The molecule has 0 aliphatic carbocycles. The smallest absolute Gasteiger partial charge is 0.143 e. The van der Waals surface area contributed by atoms with E-state index in [-0.39, 0.29) is 0 Å². The van der Waals surface area contributed by atoms with E-state index in [0.29, 0.717) is 0 Å². The fourth-order valence-corrected chi connectivity index (χ4v) is 1.17. The Balaban J connectivity index is 2.28. The third kappa shape index (κ3) is 2.28. The molecule has 0 amide bonds. The summed E-state index contributed by atoms with van der Waals surface area (Å²) >= 11 is 1.32. The highest BCUT2D eigenvalue weighted by Gasteiger charge is 2.01. The molecule has 0 saturated carbocycles. The Morgan fingerprint density at radius 3 is 3.33 bits per heavy atom. The maximum Gasteiger partial charge on any atom is 0.143 e. The van der Waals surface area contributed by atoms with Crippen molar-refractivity contribution >= 4 is 12.2 Å². The van der Waals surface area contributed by atoms with Gasteiger partial charge in [-0.3, -0.25) is 0 Å². The molecule has 0 atom stereocenters. The largest absolute Gasteiger partial charge is 0.414 e. The predicted molar refractivity (Wildman–Crippen MR) is 39.7 cm³/mol. The van der Waals surface area contributed by atoms with Crippen LogP contribution in [-0.2, 0) is 4.18 Å². The Morgan fingerprint density at radius 1 is 1.89 bits per heavy atom. The van der Waals surface area contributed by atoms with E-state index in [0.717, 1.165) is 25.1 Å². The van der Waals surface area contributed by atoms with Gasteiger partial charge in [0.15, 0.2) is 0 Å². The number of hydrogen-bond donors (Lipinski definition) is 1. The Kier molecular flexibility index (Phi) is 2.94. The van der Waals surface area contributed by atoms with Crippen molar-refractivity contribution in [2.24, 2.45) is 0 Å². The van der Waals surface area contributed by atoms with Crippen LogP contribution in [0.5, 0.6) is 0 Å². The minimum atomic E-state index is 0.931. The van der Waals surface area contributed by atoms with Gasteiger partial charge in [0.05, 0.1) is 0 Å². The second-order valence-corrected chi connectivity index (χ2v) is 2.56. The normalized spacial score (nSPS) is 18.6. The number of hydrogen-bond acceptors (Lipinski definition) is 3. The number of allylic oxidation sites excluding steroid dienone is 1. The highest BCUT2D eigenvalue weighted by Crippen LogP contribution is 2.15. The van der Waals surface area contributed by atoms with Crippen molar-refractivity contribution in [2.45, 2.75) is 19.8 Å².